The van der Waals surface area contributed by atoms with Gasteiger partial charge in [0.25, 0.3) is 0 Å². The first-order valence-corrected chi connectivity index (χ1v) is 5.10. The van der Waals surface area contributed by atoms with Crippen LogP contribution in [-0.4, -0.2) is 19.2 Å². The summed E-state index contributed by atoms with van der Waals surface area (Å²) in [5, 5.41) is 0. The van der Waals surface area contributed by atoms with Crippen molar-refractivity contribution in [3.05, 3.63) is 42.0 Å². The summed E-state index contributed by atoms with van der Waals surface area (Å²) in [7, 11) is 0. The Hall–Kier alpha value is -1.77. The molecule has 1 aromatic rings. The molecule has 1 rings (SSSR count). The fourth-order valence-corrected chi connectivity index (χ4v) is 1.35. The topological polar surface area (TPSA) is 35.5 Å². The Morgan fingerprint density at radius 3 is 2.56 bits per heavy atom. The van der Waals surface area contributed by atoms with Crippen molar-refractivity contribution in [3.8, 4) is 5.75 Å². The van der Waals surface area contributed by atoms with E-state index in [-0.39, 0.29) is 19.2 Å². The van der Waals surface area contributed by atoms with Crippen LogP contribution in [0.25, 0.3) is 0 Å². The van der Waals surface area contributed by atoms with Gasteiger partial charge in [-0.15, -0.1) is 0 Å². The van der Waals surface area contributed by atoms with Crippen molar-refractivity contribution in [1.82, 2.24) is 0 Å². The monoisotopic (exact) mass is 220 g/mol. The number of carbonyl (C=O) groups excluding carboxylic acids is 1. The largest absolute Gasteiger partial charge is 0.481 e. The van der Waals surface area contributed by atoms with Crippen LogP contribution in [0.3, 0.4) is 0 Å². The number of hydrogen-bond acceptors (Lipinski definition) is 3. The number of aryl methyl sites for hydroxylation is 2. The van der Waals surface area contributed by atoms with E-state index in [0.29, 0.717) is 0 Å². The van der Waals surface area contributed by atoms with Crippen molar-refractivity contribution >= 4 is 5.97 Å². The molecule has 0 aliphatic carbocycles. The van der Waals surface area contributed by atoms with Crippen molar-refractivity contribution < 1.29 is 14.3 Å². The number of para-hydroxylation sites is 1. The van der Waals surface area contributed by atoms with Gasteiger partial charge in [-0.05, 0) is 25.0 Å². The Morgan fingerprint density at radius 2 is 2.00 bits per heavy atom. The minimum atomic E-state index is -0.387. The molecular weight excluding hydrogens is 204 g/mol. The highest BCUT2D eigenvalue weighted by atomic mass is 16.6. The number of carbonyl (C=O) groups is 1. The molecule has 0 heterocycles. The van der Waals surface area contributed by atoms with Crippen LogP contribution in [-0.2, 0) is 9.53 Å². The van der Waals surface area contributed by atoms with Gasteiger partial charge in [-0.3, -0.25) is 0 Å². The molecule has 86 valence electrons. The molecule has 0 atom stereocenters. The third kappa shape index (κ3) is 3.42. The SMILES string of the molecule is C=CCOC(=O)COc1c(C)cccc1C. The van der Waals surface area contributed by atoms with Gasteiger partial charge in [0.1, 0.15) is 12.4 Å². The van der Waals surface area contributed by atoms with Gasteiger partial charge in [-0.2, -0.15) is 0 Å². The zero-order valence-corrected chi connectivity index (χ0v) is 9.66. The Kier molecular flexibility index (Phi) is 4.58. The van der Waals surface area contributed by atoms with Crippen molar-refractivity contribution in [2.75, 3.05) is 13.2 Å². The summed E-state index contributed by atoms with van der Waals surface area (Å²) in [4.78, 5) is 11.2. The van der Waals surface area contributed by atoms with Gasteiger partial charge < -0.3 is 9.47 Å². The molecule has 0 radical (unpaired) electrons. The second-order valence-electron chi connectivity index (χ2n) is 3.48. The van der Waals surface area contributed by atoms with E-state index in [1.807, 2.05) is 32.0 Å². The molecule has 0 N–H and O–H groups in total. The summed E-state index contributed by atoms with van der Waals surface area (Å²) in [5.41, 5.74) is 2.02. The Labute approximate surface area is 95.7 Å². The number of hydrogen-bond donors (Lipinski definition) is 0. The van der Waals surface area contributed by atoms with E-state index in [2.05, 4.69) is 6.58 Å². The molecule has 0 unspecified atom stereocenters. The van der Waals surface area contributed by atoms with Gasteiger partial charge in [0.05, 0.1) is 0 Å². The van der Waals surface area contributed by atoms with E-state index in [1.165, 1.54) is 6.08 Å². The summed E-state index contributed by atoms with van der Waals surface area (Å²) >= 11 is 0. The summed E-state index contributed by atoms with van der Waals surface area (Å²) in [6, 6.07) is 5.84. The second-order valence-corrected chi connectivity index (χ2v) is 3.48. The van der Waals surface area contributed by atoms with Crippen LogP contribution in [0.2, 0.25) is 0 Å². The average Bonchev–Trinajstić information content (AvgIpc) is 2.25. The highest BCUT2D eigenvalue weighted by molar-refractivity contribution is 5.71. The molecule has 0 spiro atoms. The summed E-state index contributed by atoms with van der Waals surface area (Å²) in [6.07, 6.45) is 1.52. The van der Waals surface area contributed by atoms with Crippen LogP contribution in [0.5, 0.6) is 5.75 Å². The van der Waals surface area contributed by atoms with Crippen LogP contribution in [0.1, 0.15) is 11.1 Å². The van der Waals surface area contributed by atoms with E-state index < -0.39 is 0 Å². The van der Waals surface area contributed by atoms with Crippen LogP contribution in [0, 0.1) is 13.8 Å². The maximum absolute atomic E-state index is 11.2. The Morgan fingerprint density at radius 1 is 1.38 bits per heavy atom. The third-order valence-corrected chi connectivity index (χ3v) is 2.11. The molecular formula is C13H16O3. The normalized spacial score (nSPS) is 9.62. The van der Waals surface area contributed by atoms with E-state index in [0.717, 1.165) is 16.9 Å². The lowest BCUT2D eigenvalue weighted by Gasteiger charge is -2.10. The number of ether oxygens (including phenoxy) is 2. The van der Waals surface area contributed by atoms with Crippen LogP contribution < -0.4 is 4.74 Å². The summed E-state index contributed by atoms with van der Waals surface area (Å²) in [5.74, 6) is 0.362. The maximum Gasteiger partial charge on any atom is 0.344 e. The lowest BCUT2D eigenvalue weighted by atomic mass is 10.1. The molecule has 0 aromatic heterocycles. The van der Waals surface area contributed by atoms with E-state index in [9.17, 15) is 4.79 Å². The van der Waals surface area contributed by atoms with Crippen molar-refractivity contribution in [3.63, 3.8) is 0 Å². The minimum Gasteiger partial charge on any atom is -0.481 e. The predicted molar refractivity (Wildman–Crippen MR) is 62.6 cm³/mol. The molecule has 0 saturated heterocycles. The van der Waals surface area contributed by atoms with Crippen LogP contribution in [0.15, 0.2) is 30.9 Å². The Bertz CT molecular complexity index is 363. The smallest absolute Gasteiger partial charge is 0.344 e. The van der Waals surface area contributed by atoms with Crippen molar-refractivity contribution in [2.45, 2.75) is 13.8 Å². The van der Waals surface area contributed by atoms with E-state index >= 15 is 0 Å². The van der Waals surface area contributed by atoms with Crippen molar-refractivity contribution in [2.24, 2.45) is 0 Å². The molecule has 0 saturated carbocycles. The molecule has 0 bridgehead atoms. The standard InChI is InChI=1S/C13H16O3/c1-4-8-15-12(14)9-16-13-10(2)6-5-7-11(13)3/h4-7H,1,8-9H2,2-3H3. The van der Waals surface area contributed by atoms with E-state index in [4.69, 9.17) is 9.47 Å². The first-order valence-electron chi connectivity index (χ1n) is 5.10. The average molecular weight is 220 g/mol. The van der Waals surface area contributed by atoms with Gasteiger partial charge >= 0.3 is 5.97 Å². The van der Waals surface area contributed by atoms with Crippen molar-refractivity contribution in [1.29, 1.82) is 0 Å². The number of rotatable bonds is 5. The van der Waals surface area contributed by atoms with Gasteiger partial charge in [0.2, 0.25) is 0 Å². The first-order chi connectivity index (χ1) is 7.65. The van der Waals surface area contributed by atoms with Crippen LogP contribution in [0.4, 0.5) is 0 Å². The molecule has 0 fully saturated rings. The molecule has 1 aromatic carbocycles. The highest BCUT2D eigenvalue weighted by Crippen LogP contribution is 2.22. The third-order valence-electron chi connectivity index (χ3n) is 2.11. The maximum atomic E-state index is 11.2. The van der Waals surface area contributed by atoms with Gasteiger partial charge in [-0.1, -0.05) is 30.9 Å². The zero-order chi connectivity index (χ0) is 12.0. The molecule has 3 heteroatoms. The minimum absolute atomic E-state index is 0.0699. The van der Waals surface area contributed by atoms with Gasteiger partial charge in [0, 0.05) is 0 Å². The van der Waals surface area contributed by atoms with E-state index in [1.54, 1.807) is 0 Å². The Balaban J connectivity index is 2.54. The quantitative estimate of drug-likeness (QED) is 0.564. The lowest BCUT2D eigenvalue weighted by Crippen LogP contribution is -2.15. The molecule has 0 aliphatic heterocycles. The fraction of sp³-hybridized carbons (Fsp3) is 0.308. The molecule has 3 nitrogen and oxygen atoms in total. The van der Waals surface area contributed by atoms with Gasteiger partial charge in [0.15, 0.2) is 6.61 Å². The van der Waals surface area contributed by atoms with Crippen LogP contribution >= 0.6 is 0 Å². The highest BCUT2D eigenvalue weighted by Gasteiger charge is 2.07. The number of benzene rings is 1. The lowest BCUT2D eigenvalue weighted by molar-refractivity contribution is -0.144. The summed E-state index contributed by atoms with van der Waals surface area (Å²) < 4.78 is 10.2. The molecule has 0 amide bonds. The zero-order valence-electron chi connectivity index (χ0n) is 9.66. The predicted octanol–water partition coefficient (Wildman–Crippen LogP) is 2.41. The first kappa shape index (κ1) is 12.3. The summed E-state index contributed by atoms with van der Waals surface area (Å²) in [6.45, 7) is 7.49. The second kappa shape index (κ2) is 5.95. The molecule has 16 heavy (non-hydrogen) atoms. The number of esters is 1. The van der Waals surface area contributed by atoms with Gasteiger partial charge in [-0.25, -0.2) is 4.79 Å². The molecule has 0 aliphatic rings. The fourth-order valence-electron chi connectivity index (χ4n) is 1.35.